The lowest BCUT2D eigenvalue weighted by molar-refractivity contribution is 0.0643. The highest BCUT2D eigenvalue weighted by Crippen LogP contribution is 2.76. The van der Waals surface area contributed by atoms with Crippen molar-refractivity contribution in [1.82, 2.24) is 0 Å². The van der Waals surface area contributed by atoms with Gasteiger partial charge >= 0.3 is 0 Å². The van der Waals surface area contributed by atoms with Gasteiger partial charge in [0, 0.05) is 0 Å². The summed E-state index contributed by atoms with van der Waals surface area (Å²) in [5.74, 6) is 0. The van der Waals surface area contributed by atoms with Crippen LogP contribution in [0.4, 0.5) is 0 Å². The first-order chi connectivity index (χ1) is 8.25. The predicted molar refractivity (Wildman–Crippen MR) is 199 cm³/mol. The fourth-order valence-electron chi connectivity index (χ4n) is 0.953. The fourth-order valence-corrected chi connectivity index (χ4v) is 17.7. The molecule has 0 heterocycles. The van der Waals surface area contributed by atoms with Crippen LogP contribution in [0.5, 0.6) is 0 Å². The monoisotopic (exact) mass is 1740 g/mol. The lowest BCUT2D eigenvalue weighted by Crippen LogP contribution is -2.69. The summed E-state index contributed by atoms with van der Waals surface area (Å²) in [6.07, 6.45) is 0. The number of rotatable bonds is 5. The van der Waals surface area contributed by atoms with E-state index in [1.165, 1.54) is 0 Å². The molecule has 0 rings (SSSR count). The average Bonchev–Trinajstić information content (AvgIpc) is 2.10. The Kier molecular flexibility index (Phi) is 15.3. The zero-order chi connectivity index (χ0) is 17.0. The van der Waals surface area contributed by atoms with Gasteiger partial charge in [0.25, 0.3) is 0 Å². The number of alkyl halides is 13. The minimum atomic E-state index is -1.17. The number of hydrogen-bond donors (Lipinski definition) is 0. The van der Waals surface area contributed by atoms with Crippen LogP contribution < -0.4 is 0 Å². The van der Waals surface area contributed by atoms with Crippen molar-refractivity contribution >= 4 is 294 Å². The molecule has 14 heteroatoms. The lowest BCUT2D eigenvalue weighted by Gasteiger charge is -2.55. The Hall–Kier alpha value is 9.45. The third kappa shape index (κ3) is 6.48. The first-order valence-electron chi connectivity index (χ1n) is 3.91. The van der Waals surface area contributed by atoms with Crippen molar-refractivity contribution in [2.75, 3.05) is 0 Å². The van der Waals surface area contributed by atoms with Crippen LogP contribution in [-0.4, -0.2) is 6.76 Å². The van der Waals surface area contributed by atoms with Crippen LogP contribution in [-0.2, 0) is 5.11 Å². The summed E-state index contributed by atoms with van der Waals surface area (Å²) < 4.78 is -2.69. The van der Waals surface area contributed by atoms with Crippen LogP contribution in [0.3, 0.4) is 0 Å². The highest BCUT2D eigenvalue weighted by Gasteiger charge is 2.76. The molecule has 0 spiro atoms. The first-order valence-corrected chi connectivity index (χ1v) is 17.9. The summed E-state index contributed by atoms with van der Waals surface area (Å²) >= 11 is 30.9. The van der Waals surface area contributed by atoms with Gasteiger partial charge in [-0.1, -0.05) is 271 Å². The molecule has 0 saturated carbocycles. The van der Waals surface area contributed by atoms with Crippen molar-refractivity contribution in [1.29, 1.82) is 0 Å². The van der Waals surface area contributed by atoms with Gasteiger partial charge in [0.05, 0.1) is 0 Å². The summed E-state index contributed by atoms with van der Waals surface area (Å²) in [6.45, 7) is 0. The first kappa shape index (κ1) is 29.5. The molecule has 1 nitrogen and oxygen atoms in total. The molecular weight excluding hydrogens is 1740 g/mol. The molecule has 0 fully saturated rings. The molecule has 0 N–H and O–H groups in total. The normalized spacial score (nSPS) is 21.3. The van der Waals surface area contributed by atoms with Gasteiger partial charge in [0.1, 0.15) is 3.72 Å². The third-order valence-corrected chi connectivity index (χ3v) is 31.8. The van der Waals surface area contributed by atoms with E-state index in [4.69, 9.17) is 0 Å². The van der Waals surface area contributed by atoms with Crippen molar-refractivity contribution in [2.45, 2.75) is 6.76 Å². The fraction of sp³-hybridized carbons (Fsp3) is 1.00. The molecule has 0 aliphatic carbocycles. The van der Waals surface area contributed by atoms with Gasteiger partial charge in [-0.15, -0.1) is 0 Å². The molecule has 0 aliphatic rings. The summed E-state index contributed by atoms with van der Waals surface area (Å²) in [4.78, 5) is 0. The maximum atomic E-state index is 13.8. The van der Waals surface area contributed by atoms with Gasteiger partial charge in [-0.2, -0.15) is 0 Å². The second-order valence-electron chi connectivity index (χ2n) is 3.32. The molecule has 0 bridgehead atoms. The molecule has 0 amide bonds. The molecule has 0 aromatic heterocycles. The zero-order valence-electron chi connectivity index (χ0n) is 8.32. The minimum absolute atomic E-state index is 0.0919. The average molecular weight is 1740 g/mol. The molecule has 2 unspecified atom stereocenters. The number of hydrogen-bond acceptors (Lipinski definition) is 0. The quantitative estimate of drug-likeness (QED) is 0.193. The van der Waals surface area contributed by atoms with Crippen LogP contribution >= 0.6 is 294 Å². The van der Waals surface area contributed by atoms with Crippen LogP contribution in [0.2, 0.25) is 0 Å². The zero-order valence-corrected chi connectivity index (χ0v) is 36.4. The second-order valence-corrected chi connectivity index (χ2v) is 44.9. The Morgan fingerprint density at radius 1 is 0.450 bits per heavy atom. The summed E-state index contributed by atoms with van der Waals surface area (Å²) in [7, 11) is 0. The van der Waals surface area contributed by atoms with Crippen molar-refractivity contribution in [3.8, 4) is 0 Å². The van der Waals surface area contributed by atoms with Gasteiger partial charge in [0.15, 0.2) is -0.565 Å². The van der Waals surface area contributed by atoms with E-state index in [-0.39, 0.29) is 0.299 Å². The van der Waals surface area contributed by atoms with E-state index in [9.17, 15) is 5.11 Å². The second kappa shape index (κ2) is 10.4. The number of halogens is 13. The van der Waals surface area contributed by atoms with E-state index >= 15 is 0 Å². The molecular formula is C6I13O. The van der Waals surface area contributed by atoms with E-state index in [2.05, 4.69) is 294 Å². The summed E-state index contributed by atoms with van der Waals surface area (Å²) in [6, 6.07) is 0. The van der Waals surface area contributed by atoms with Crippen molar-refractivity contribution in [2.24, 2.45) is 0 Å². The van der Waals surface area contributed by atoms with Gasteiger partial charge in [0.2, 0.25) is 3.61 Å². The molecule has 20 heavy (non-hydrogen) atoms. The molecule has 0 aromatic rings. The topological polar surface area (TPSA) is 19.9 Å². The third-order valence-electron chi connectivity index (χ3n) is 1.99. The van der Waals surface area contributed by atoms with Crippen LogP contribution in [0.1, 0.15) is 0 Å². The Labute approximate surface area is 296 Å². The minimum Gasteiger partial charge on any atom is -0.213 e. The molecule has 0 aliphatic heterocycles. The maximum Gasteiger partial charge on any atom is 0.205 e. The standard InChI is InChI=1S/C6I13O/c7-1(4(11,12)13,2(8,9)5(14,15)16)3(10,20)6(17,18)19. The van der Waals surface area contributed by atoms with Gasteiger partial charge in [-0.05, 0) is 22.6 Å². The smallest absolute Gasteiger partial charge is 0.205 e. The predicted octanol–water partition coefficient (Wildman–Crippen LogP) is 10.2. The molecule has 2 atom stereocenters. The Morgan fingerprint density at radius 3 is 0.900 bits per heavy atom. The van der Waals surface area contributed by atoms with Gasteiger partial charge < -0.3 is 0 Å². The van der Waals surface area contributed by atoms with Crippen LogP contribution in [0.15, 0.2) is 0 Å². The van der Waals surface area contributed by atoms with E-state index in [1.807, 2.05) is 0 Å². The Balaban J connectivity index is 6.50. The molecule has 121 valence electrons. The van der Waals surface area contributed by atoms with Gasteiger partial charge in [-0.3, -0.25) is 0 Å². The van der Waals surface area contributed by atoms with E-state index in [1.54, 1.807) is 0 Å². The highest BCUT2D eigenvalue weighted by atomic mass is 127. The van der Waals surface area contributed by atoms with E-state index in [0.29, 0.717) is 0 Å². The summed E-state index contributed by atoms with van der Waals surface area (Å²) in [5.41, 5.74) is 0. The highest BCUT2D eigenvalue weighted by molar-refractivity contribution is 14.3. The van der Waals surface area contributed by atoms with Crippen molar-refractivity contribution in [3.05, 3.63) is 0 Å². The largest absolute Gasteiger partial charge is 0.213 e. The lowest BCUT2D eigenvalue weighted by atomic mass is 10.0. The SMILES string of the molecule is [O]C(I)(C(I)(I)I)C(I)(C(I)(I)I)C(I)(I)C(I)(I)I. The Bertz CT molecular complexity index is 331. The van der Waals surface area contributed by atoms with Crippen molar-refractivity contribution in [3.63, 3.8) is 0 Å². The van der Waals surface area contributed by atoms with Crippen molar-refractivity contribution < 1.29 is 5.11 Å². The van der Waals surface area contributed by atoms with E-state index < -0.39 is 6.46 Å². The molecule has 0 aromatic carbocycles. The van der Waals surface area contributed by atoms with Crippen LogP contribution in [0.25, 0.3) is 0 Å². The van der Waals surface area contributed by atoms with Crippen LogP contribution in [0, 0.1) is 0 Å². The molecule has 0 saturated heterocycles. The molecule has 1 radical (unpaired) electrons. The van der Waals surface area contributed by atoms with Gasteiger partial charge in [-0.25, -0.2) is 5.11 Å². The maximum absolute atomic E-state index is 13.8. The Morgan fingerprint density at radius 2 is 0.750 bits per heavy atom. The van der Waals surface area contributed by atoms with E-state index in [0.717, 1.165) is 0 Å². The summed E-state index contributed by atoms with van der Waals surface area (Å²) in [5, 5.41) is 13.8.